The van der Waals surface area contributed by atoms with Crippen molar-refractivity contribution in [3.63, 3.8) is 0 Å². The number of hydrogen-bond donors (Lipinski definition) is 1. The van der Waals surface area contributed by atoms with Crippen molar-refractivity contribution in [1.82, 2.24) is 14.5 Å². The second kappa shape index (κ2) is 5.10. The number of imidazole rings is 1. The van der Waals surface area contributed by atoms with Crippen LogP contribution in [-0.2, 0) is 6.54 Å². The number of aromatic nitrogens is 3. The summed E-state index contributed by atoms with van der Waals surface area (Å²) in [5, 5.41) is 0. The SMILES string of the molecule is Cc1cccnc1Cn1c(=S)[nH]c2cc(Br)c(F)cc21. The highest BCUT2D eigenvalue weighted by Crippen LogP contribution is 2.24. The van der Waals surface area contributed by atoms with Crippen LogP contribution in [0.15, 0.2) is 34.9 Å². The molecular formula is C14H11BrFN3S. The molecule has 0 aliphatic heterocycles. The van der Waals surface area contributed by atoms with Gasteiger partial charge in [0.2, 0.25) is 0 Å². The summed E-state index contributed by atoms with van der Waals surface area (Å²) in [5.74, 6) is -0.307. The number of aryl methyl sites for hydroxylation is 1. The maximum absolute atomic E-state index is 13.7. The number of nitrogens with zero attached hydrogens (tertiary/aromatic N) is 2. The average Bonchev–Trinajstić information content (AvgIpc) is 2.69. The first kappa shape index (κ1) is 13.5. The third-order valence-electron chi connectivity index (χ3n) is 3.24. The minimum atomic E-state index is -0.307. The van der Waals surface area contributed by atoms with E-state index in [9.17, 15) is 4.39 Å². The van der Waals surface area contributed by atoms with Crippen LogP contribution in [0, 0.1) is 17.5 Å². The molecule has 0 spiro atoms. The fourth-order valence-electron chi connectivity index (χ4n) is 2.14. The molecule has 0 amide bonds. The predicted octanol–water partition coefficient (Wildman–Crippen LogP) is 4.35. The molecule has 0 aliphatic rings. The Morgan fingerprint density at radius 3 is 3.00 bits per heavy atom. The van der Waals surface area contributed by atoms with Gasteiger partial charge in [0.1, 0.15) is 5.82 Å². The summed E-state index contributed by atoms with van der Waals surface area (Å²) in [5.41, 5.74) is 3.55. The first-order chi connectivity index (χ1) is 9.56. The van der Waals surface area contributed by atoms with E-state index in [2.05, 4.69) is 25.9 Å². The molecule has 2 heterocycles. The normalized spacial score (nSPS) is 11.2. The summed E-state index contributed by atoms with van der Waals surface area (Å²) >= 11 is 8.50. The lowest BCUT2D eigenvalue weighted by Gasteiger charge is -2.07. The molecule has 2 aromatic heterocycles. The number of hydrogen-bond acceptors (Lipinski definition) is 2. The zero-order chi connectivity index (χ0) is 14.3. The minimum Gasteiger partial charge on any atom is -0.331 e. The van der Waals surface area contributed by atoms with E-state index in [1.54, 1.807) is 12.3 Å². The van der Waals surface area contributed by atoms with Gasteiger partial charge in [-0.1, -0.05) is 6.07 Å². The molecule has 0 bridgehead atoms. The van der Waals surface area contributed by atoms with Gasteiger partial charge >= 0.3 is 0 Å². The molecule has 6 heteroatoms. The Kier molecular flexibility index (Phi) is 3.43. The van der Waals surface area contributed by atoms with E-state index in [0.29, 0.717) is 15.8 Å². The summed E-state index contributed by atoms with van der Waals surface area (Å²) in [7, 11) is 0. The Labute approximate surface area is 128 Å². The van der Waals surface area contributed by atoms with Gasteiger partial charge in [0.05, 0.1) is 27.7 Å². The van der Waals surface area contributed by atoms with Crippen molar-refractivity contribution in [3.8, 4) is 0 Å². The van der Waals surface area contributed by atoms with Gasteiger partial charge in [-0.25, -0.2) is 4.39 Å². The number of pyridine rings is 1. The third kappa shape index (κ3) is 2.29. The van der Waals surface area contributed by atoms with Crippen molar-refractivity contribution < 1.29 is 4.39 Å². The summed E-state index contributed by atoms with van der Waals surface area (Å²) in [6.07, 6.45) is 1.75. The maximum atomic E-state index is 13.7. The van der Waals surface area contributed by atoms with Gasteiger partial charge in [-0.2, -0.15) is 0 Å². The second-order valence-electron chi connectivity index (χ2n) is 4.57. The molecule has 0 unspecified atom stereocenters. The first-order valence-electron chi connectivity index (χ1n) is 6.04. The van der Waals surface area contributed by atoms with Crippen molar-refractivity contribution in [2.24, 2.45) is 0 Å². The van der Waals surface area contributed by atoms with Crippen LogP contribution in [0.5, 0.6) is 0 Å². The topological polar surface area (TPSA) is 33.6 Å². The highest BCUT2D eigenvalue weighted by atomic mass is 79.9. The predicted molar refractivity (Wildman–Crippen MR) is 82.9 cm³/mol. The summed E-state index contributed by atoms with van der Waals surface area (Å²) in [6, 6.07) is 7.06. The molecule has 0 fully saturated rings. The molecule has 3 nitrogen and oxygen atoms in total. The largest absolute Gasteiger partial charge is 0.331 e. The summed E-state index contributed by atoms with van der Waals surface area (Å²) in [4.78, 5) is 7.45. The lowest BCUT2D eigenvalue weighted by atomic mass is 10.2. The molecule has 20 heavy (non-hydrogen) atoms. The van der Waals surface area contributed by atoms with Crippen LogP contribution in [0.4, 0.5) is 4.39 Å². The quantitative estimate of drug-likeness (QED) is 0.696. The van der Waals surface area contributed by atoms with E-state index in [0.717, 1.165) is 22.3 Å². The van der Waals surface area contributed by atoms with Gasteiger partial charge in [-0.15, -0.1) is 0 Å². The summed E-state index contributed by atoms with van der Waals surface area (Å²) in [6.45, 7) is 2.52. The van der Waals surface area contributed by atoms with E-state index in [1.807, 2.05) is 23.6 Å². The molecule has 3 aromatic rings. The highest BCUT2D eigenvalue weighted by molar-refractivity contribution is 9.10. The Bertz CT molecular complexity index is 853. The zero-order valence-electron chi connectivity index (χ0n) is 10.7. The van der Waals surface area contributed by atoms with Crippen LogP contribution in [-0.4, -0.2) is 14.5 Å². The second-order valence-corrected chi connectivity index (χ2v) is 5.81. The molecule has 1 N–H and O–H groups in total. The van der Waals surface area contributed by atoms with Crippen molar-refractivity contribution in [3.05, 3.63) is 56.8 Å². The number of aromatic amines is 1. The van der Waals surface area contributed by atoms with Crippen LogP contribution < -0.4 is 0 Å². The van der Waals surface area contributed by atoms with Crippen LogP contribution in [0.2, 0.25) is 0 Å². The van der Waals surface area contributed by atoms with Crippen LogP contribution in [0.25, 0.3) is 11.0 Å². The van der Waals surface area contributed by atoms with E-state index < -0.39 is 0 Å². The Morgan fingerprint density at radius 1 is 1.45 bits per heavy atom. The summed E-state index contributed by atoms with van der Waals surface area (Å²) < 4.78 is 16.6. The number of fused-ring (bicyclic) bond motifs is 1. The van der Waals surface area contributed by atoms with Crippen LogP contribution >= 0.6 is 28.1 Å². The Hall–Kier alpha value is -1.53. The minimum absolute atomic E-state index is 0.307. The van der Waals surface area contributed by atoms with Crippen LogP contribution in [0.3, 0.4) is 0 Å². The number of nitrogens with one attached hydrogen (secondary N) is 1. The van der Waals surface area contributed by atoms with Gasteiger partial charge in [0.25, 0.3) is 0 Å². The van der Waals surface area contributed by atoms with Gasteiger partial charge in [0.15, 0.2) is 4.77 Å². The van der Waals surface area contributed by atoms with E-state index >= 15 is 0 Å². The van der Waals surface area contributed by atoms with Crippen LogP contribution in [0.1, 0.15) is 11.3 Å². The number of halogens is 2. The maximum Gasteiger partial charge on any atom is 0.178 e. The Balaban J connectivity index is 2.17. The lowest BCUT2D eigenvalue weighted by Crippen LogP contribution is -2.03. The van der Waals surface area contributed by atoms with Crippen molar-refractivity contribution >= 4 is 39.2 Å². The van der Waals surface area contributed by atoms with E-state index in [1.165, 1.54) is 6.07 Å². The van der Waals surface area contributed by atoms with E-state index in [-0.39, 0.29) is 5.82 Å². The lowest BCUT2D eigenvalue weighted by molar-refractivity contribution is 0.621. The van der Waals surface area contributed by atoms with Gasteiger partial charge in [0, 0.05) is 12.3 Å². The smallest absolute Gasteiger partial charge is 0.178 e. The fraction of sp³-hybridized carbons (Fsp3) is 0.143. The molecule has 102 valence electrons. The third-order valence-corrected chi connectivity index (χ3v) is 4.17. The molecule has 3 rings (SSSR count). The van der Waals surface area contributed by atoms with Crippen molar-refractivity contribution in [1.29, 1.82) is 0 Å². The number of benzene rings is 1. The van der Waals surface area contributed by atoms with E-state index in [4.69, 9.17) is 12.2 Å². The zero-order valence-corrected chi connectivity index (χ0v) is 13.1. The average molecular weight is 352 g/mol. The van der Waals surface area contributed by atoms with Crippen molar-refractivity contribution in [2.75, 3.05) is 0 Å². The number of rotatable bonds is 2. The molecule has 0 radical (unpaired) electrons. The molecule has 1 aromatic carbocycles. The molecular weight excluding hydrogens is 341 g/mol. The Morgan fingerprint density at radius 2 is 2.25 bits per heavy atom. The molecule has 0 saturated heterocycles. The molecule has 0 aliphatic carbocycles. The van der Waals surface area contributed by atoms with Gasteiger partial charge in [-0.3, -0.25) is 4.98 Å². The first-order valence-corrected chi connectivity index (χ1v) is 7.24. The molecule has 0 atom stereocenters. The van der Waals surface area contributed by atoms with Gasteiger partial charge in [-0.05, 0) is 52.8 Å². The molecule has 0 saturated carbocycles. The standard InChI is InChI=1S/C14H11BrFN3S/c1-8-3-2-4-17-12(8)7-19-13-6-10(16)9(15)5-11(13)18-14(19)20/h2-6H,7H2,1H3,(H,18,20). The fourth-order valence-corrected chi connectivity index (χ4v) is 2.76. The highest BCUT2D eigenvalue weighted by Gasteiger charge is 2.10. The number of H-pyrrole nitrogens is 1. The monoisotopic (exact) mass is 351 g/mol. The van der Waals surface area contributed by atoms with Gasteiger partial charge < -0.3 is 9.55 Å². The van der Waals surface area contributed by atoms with Crippen molar-refractivity contribution in [2.45, 2.75) is 13.5 Å².